The summed E-state index contributed by atoms with van der Waals surface area (Å²) < 4.78 is 0. The molecule has 1 amide bonds. The molecule has 1 aliphatic rings. The normalized spacial score (nSPS) is 22.6. The molecule has 3 N–H and O–H groups in total. The second-order valence-electron chi connectivity index (χ2n) is 2.57. The van der Waals surface area contributed by atoms with Crippen LogP contribution < -0.4 is 11.1 Å². The molecule has 0 saturated carbocycles. The largest absolute Gasteiger partial charge is 0.320 e. The lowest BCUT2D eigenvalue weighted by Crippen LogP contribution is -2.40. The first-order valence-corrected chi connectivity index (χ1v) is 4.28. The number of rotatable bonds is 0. The molecule has 0 fully saturated rings. The van der Waals surface area contributed by atoms with Gasteiger partial charge in [0.05, 0.1) is 11.0 Å². The Labute approximate surface area is 68.2 Å². The smallest absolute Gasteiger partial charge is 0.242 e. The second-order valence-corrected chi connectivity index (χ2v) is 3.49. The topological polar surface area (TPSA) is 55.1 Å². The number of hydrogen-bond acceptors (Lipinski definition) is 3. The van der Waals surface area contributed by atoms with E-state index in [4.69, 9.17) is 5.73 Å². The Morgan fingerprint density at radius 1 is 1.73 bits per heavy atom. The number of carbonyl (C=O) groups excluding carboxylic acids is 1. The van der Waals surface area contributed by atoms with Gasteiger partial charge >= 0.3 is 0 Å². The van der Waals surface area contributed by atoms with Crippen molar-refractivity contribution in [3.05, 3.63) is 17.0 Å². The Hall–Kier alpha value is -0.870. The monoisotopic (exact) mass is 168 g/mol. The van der Waals surface area contributed by atoms with E-state index in [0.717, 1.165) is 10.6 Å². The molecule has 1 aliphatic heterocycles. The Bertz CT molecular complexity index is 294. The van der Waals surface area contributed by atoms with E-state index in [-0.39, 0.29) is 11.9 Å². The van der Waals surface area contributed by atoms with Crippen LogP contribution in [0.2, 0.25) is 0 Å². The van der Waals surface area contributed by atoms with Gasteiger partial charge in [0.1, 0.15) is 0 Å². The minimum Gasteiger partial charge on any atom is -0.320 e. The number of amides is 1. The van der Waals surface area contributed by atoms with Crippen LogP contribution >= 0.6 is 11.3 Å². The minimum atomic E-state index is -0.364. The van der Waals surface area contributed by atoms with Crippen molar-refractivity contribution in [2.75, 3.05) is 5.32 Å². The molecule has 0 radical (unpaired) electrons. The van der Waals surface area contributed by atoms with Gasteiger partial charge in [-0.05, 0) is 23.4 Å². The molecule has 0 aliphatic carbocycles. The molecule has 58 valence electrons. The van der Waals surface area contributed by atoms with Crippen LogP contribution in [0.4, 0.5) is 5.00 Å². The first kappa shape index (κ1) is 6.82. The Balaban J connectivity index is 2.37. The van der Waals surface area contributed by atoms with Crippen molar-refractivity contribution < 1.29 is 4.79 Å². The van der Waals surface area contributed by atoms with Gasteiger partial charge in [0.15, 0.2) is 0 Å². The second kappa shape index (κ2) is 2.32. The van der Waals surface area contributed by atoms with Crippen LogP contribution in [0.5, 0.6) is 0 Å². The van der Waals surface area contributed by atoms with Gasteiger partial charge in [0, 0.05) is 0 Å². The van der Waals surface area contributed by atoms with Crippen molar-refractivity contribution in [1.82, 2.24) is 0 Å². The third kappa shape index (κ3) is 1.04. The van der Waals surface area contributed by atoms with E-state index in [9.17, 15) is 4.79 Å². The fraction of sp³-hybridized carbons (Fsp3) is 0.286. The van der Waals surface area contributed by atoms with E-state index in [1.807, 2.05) is 11.4 Å². The van der Waals surface area contributed by atoms with Crippen molar-refractivity contribution in [2.45, 2.75) is 12.5 Å². The van der Waals surface area contributed by atoms with E-state index < -0.39 is 0 Å². The highest BCUT2D eigenvalue weighted by molar-refractivity contribution is 7.14. The molecule has 4 heteroatoms. The fourth-order valence-corrected chi connectivity index (χ4v) is 1.97. The van der Waals surface area contributed by atoms with E-state index in [1.54, 1.807) is 11.3 Å². The van der Waals surface area contributed by atoms with E-state index in [2.05, 4.69) is 5.32 Å². The number of fused-ring (bicyclic) bond motifs is 1. The number of nitrogens with two attached hydrogens (primary N) is 1. The van der Waals surface area contributed by atoms with Gasteiger partial charge in [0.25, 0.3) is 0 Å². The molecule has 0 unspecified atom stereocenters. The molecule has 0 saturated heterocycles. The number of anilines is 1. The van der Waals surface area contributed by atoms with E-state index in [0.29, 0.717) is 6.42 Å². The molecule has 2 rings (SSSR count). The highest BCUT2D eigenvalue weighted by atomic mass is 32.1. The summed E-state index contributed by atoms with van der Waals surface area (Å²) in [7, 11) is 0. The van der Waals surface area contributed by atoms with Crippen molar-refractivity contribution >= 4 is 22.2 Å². The Morgan fingerprint density at radius 2 is 2.55 bits per heavy atom. The van der Waals surface area contributed by atoms with Crippen LogP contribution in [0.15, 0.2) is 11.4 Å². The van der Waals surface area contributed by atoms with Crippen LogP contribution in [0.3, 0.4) is 0 Å². The summed E-state index contributed by atoms with van der Waals surface area (Å²) in [6.07, 6.45) is 0.671. The lowest BCUT2D eigenvalue weighted by atomic mass is 10.1. The minimum absolute atomic E-state index is 0.0695. The van der Waals surface area contributed by atoms with Crippen LogP contribution in [0.25, 0.3) is 0 Å². The van der Waals surface area contributed by atoms with E-state index >= 15 is 0 Å². The molecule has 1 aromatic heterocycles. The molecular weight excluding hydrogens is 160 g/mol. The summed E-state index contributed by atoms with van der Waals surface area (Å²) in [5.41, 5.74) is 6.70. The maximum atomic E-state index is 11.0. The van der Waals surface area contributed by atoms with Gasteiger partial charge in [-0.15, -0.1) is 11.3 Å². The lowest BCUT2D eigenvalue weighted by Gasteiger charge is -2.17. The van der Waals surface area contributed by atoms with Crippen LogP contribution in [-0.2, 0) is 11.2 Å². The summed E-state index contributed by atoms with van der Waals surface area (Å²) in [6.45, 7) is 0. The third-order valence-corrected chi connectivity index (χ3v) is 2.63. The van der Waals surface area contributed by atoms with Gasteiger partial charge in [0.2, 0.25) is 5.91 Å². The maximum Gasteiger partial charge on any atom is 0.242 e. The molecule has 0 spiro atoms. The predicted molar refractivity (Wildman–Crippen MR) is 44.6 cm³/mol. The summed E-state index contributed by atoms with van der Waals surface area (Å²) in [5.74, 6) is -0.0695. The number of hydrogen-bond donors (Lipinski definition) is 2. The quantitative estimate of drug-likeness (QED) is 0.595. The number of thiophene rings is 1. The maximum absolute atomic E-state index is 11.0. The molecule has 1 atom stereocenters. The zero-order valence-corrected chi connectivity index (χ0v) is 6.65. The zero-order valence-electron chi connectivity index (χ0n) is 5.83. The van der Waals surface area contributed by atoms with Gasteiger partial charge < -0.3 is 11.1 Å². The van der Waals surface area contributed by atoms with Gasteiger partial charge in [-0.1, -0.05) is 0 Å². The Morgan fingerprint density at radius 3 is 3.36 bits per heavy atom. The average molecular weight is 168 g/mol. The van der Waals surface area contributed by atoms with Crippen molar-refractivity contribution in [1.29, 1.82) is 0 Å². The average Bonchev–Trinajstić information content (AvgIpc) is 2.36. The van der Waals surface area contributed by atoms with Gasteiger partial charge in [-0.3, -0.25) is 4.79 Å². The molecule has 2 heterocycles. The van der Waals surface area contributed by atoms with Crippen molar-refractivity contribution in [3.8, 4) is 0 Å². The van der Waals surface area contributed by atoms with Crippen LogP contribution in [0, 0.1) is 0 Å². The molecule has 1 aromatic rings. The highest BCUT2D eigenvalue weighted by Crippen LogP contribution is 2.27. The lowest BCUT2D eigenvalue weighted by molar-refractivity contribution is -0.117. The summed E-state index contributed by atoms with van der Waals surface area (Å²) >= 11 is 1.54. The number of nitrogens with one attached hydrogen (secondary N) is 1. The third-order valence-electron chi connectivity index (χ3n) is 1.76. The standard InChI is InChI=1S/C7H8N2OS/c8-5-3-4-1-2-11-7(4)9-6(5)10/h1-2,5H,3,8H2,(H,9,10)/t5-/m1/s1. The Kier molecular flexibility index (Phi) is 1.44. The van der Waals surface area contributed by atoms with Gasteiger partial charge in [-0.25, -0.2) is 0 Å². The van der Waals surface area contributed by atoms with Crippen LogP contribution in [-0.4, -0.2) is 11.9 Å². The summed E-state index contributed by atoms with van der Waals surface area (Å²) in [5, 5.41) is 5.66. The van der Waals surface area contributed by atoms with Crippen molar-refractivity contribution in [2.24, 2.45) is 5.73 Å². The van der Waals surface area contributed by atoms with E-state index in [1.165, 1.54) is 0 Å². The summed E-state index contributed by atoms with van der Waals surface area (Å²) in [4.78, 5) is 11.0. The first-order valence-electron chi connectivity index (χ1n) is 3.40. The molecular formula is C7H8N2OS. The fourth-order valence-electron chi connectivity index (χ4n) is 1.14. The highest BCUT2D eigenvalue weighted by Gasteiger charge is 2.22. The van der Waals surface area contributed by atoms with Crippen molar-refractivity contribution in [3.63, 3.8) is 0 Å². The summed E-state index contributed by atoms with van der Waals surface area (Å²) in [6, 6.07) is 1.64. The first-order chi connectivity index (χ1) is 5.27. The molecule has 3 nitrogen and oxygen atoms in total. The SMILES string of the molecule is N[C@@H]1Cc2ccsc2NC1=O. The van der Waals surface area contributed by atoms with Gasteiger partial charge in [-0.2, -0.15) is 0 Å². The number of carbonyl (C=O) groups is 1. The zero-order chi connectivity index (χ0) is 7.84. The molecule has 0 bridgehead atoms. The predicted octanol–water partition coefficient (Wildman–Crippen LogP) is 0.570. The van der Waals surface area contributed by atoms with Crippen LogP contribution in [0.1, 0.15) is 5.56 Å². The molecule has 0 aromatic carbocycles. The molecule has 11 heavy (non-hydrogen) atoms.